The molecule has 0 bridgehead atoms. The van der Waals surface area contributed by atoms with E-state index in [1.54, 1.807) is 0 Å². The third-order valence-electron chi connectivity index (χ3n) is 4.59. The van der Waals surface area contributed by atoms with Crippen LogP contribution < -0.4 is 10.6 Å². The smallest absolute Gasteiger partial charge is 0.229 e. The van der Waals surface area contributed by atoms with Crippen LogP contribution in [-0.4, -0.2) is 16.0 Å². The van der Waals surface area contributed by atoms with Crippen LogP contribution in [0.4, 0.5) is 17.5 Å². The molecule has 122 valence electrons. The number of anilines is 3. The van der Waals surface area contributed by atoms with Crippen LogP contribution in [0.15, 0.2) is 30.5 Å². The minimum atomic E-state index is 0.552. The molecular formula is C19H26N4. The van der Waals surface area contributed by atoms with Crippen LogP contribution in [0.2, 0.25) is 0 Å². The van der Waals surface area contributed by atoms with Crippen molar-refractivity contribution in [1.29, 1.82) is 0 Å². The number of hydrogen-bond donors (Lipinski definition) is 2. The number of aromatic nitrogens is 2. The van der Waals surface area contributed by atoms with Gasteiger partial charge in [-0.15, -0.1) is 0 Å². The van der Waals surface area contributed by atoms with Gasteiger partial charge in [0.1, 0.15) is 5.82 Å². The number of para-hydroxylation sites is 1. The Balaban J connectivity index is 1.75. The Morgan fingerprint density at radius 2 is 1.96 bits per heavy atom. The Kier molecular flexibility index (Phi) is 5.11. The lowest BCUT2D eigenvalue weighted by Gasteiger charge is -2.23. The van der Waals surface area contributed by atoms with Gasteiger partial charge in [-0.3, -0.25) is 0 Å². The Morgan fingerprint density at radius 1 is 1.13 bits per heavy atom. The van der Waals surface area contributed by atoms with Gasteiger partial charge in [0, 0.05) is 17.9 Å². The van der Waals surface area contributed by atoms with Gasteiger partial charge in [0.25, 0.3) is 0 Å². The lowest BCUT2D eigenvalue weighted by Crippen LogP contribution is -2.23. The van der Waals surface area contributed by atoms with Crippen molar-refractivity contribution in [2.75, 3.05) is 10.6 Å². The molecule has 4 nitrogen and oxygen atoms in total. The molecule has 0 spiro atoms. The summed E-state index contributed by atoms with van der Waals surface area (Å²) < 4.78 is 0. The van der Waals surface area contributed by atoms with Crippen LogP contribution in [-0.2, 0) is 6.42 Å². The monoisotopic (exact) mass is 310 g/mol. The summed E-state index contributed by atoms with van der Waals surface area (Å²) >= 11 is 0. The quantitative estimate of drug-likeness (QED) is 0.830. The first kappa shape index (κ1) is 15.8. The predicted molar refractivity (Wildman–Crippen MR) is 96.4 cm³/mol. The number of aryl methyl sites for hydroxylation is 2. The highest BCUT2D eigenvalue weighted by Crippen LogP contribution is 2.25. The highest BCUT2D eigenvalue weighted by molar-refractivity contribution is 5.63. The first-order valence-electron chi connectivity index (χ1n) is 8.71. The van der Waals surface area contributed by atoms with Crippen molar-refractivity contribution in [2.24, 2.45) is 0 Å². The zero-order valence-electron chi connectivity index (χ0n) is 14.1. The summed E-state index contributed by atoms with van der Waals surface area (Å²) in [5.41, 5.74) is 3.64. The summed E-state index contributed by atoms with van der Waals surface area (Å²) in [5.74, 6) is 1.58. The van der Waals surface area contributed by atoms with Gasteiger partial charge in [0.2, 0.25) is 5.95 Å². The van der Waals surface area contributed by atoms with Gasteiger partial charge >= 0.3 is 0 Å². The summed E-state index contributed by atoms with van der Waals surface area (Å²) in [6.45, 7) is 4.29. The van der Waals surface area contributed by atoms with Crippen LogP contribution in [0.25, 0.3) is 0 Å². The Labute approximate surface area is 138 Å². The largest absolute Gasteiger partial charge is 0.367 e. The molecule has 3 rings (SSSR count). The van der Waals surface area contributed by atoms with E-state index in [4.69, 9.17) is 0 Å². The van der Waals surface area contributed by atoms with Gasteiger partial charge in [0.05, 0.1) is 0 Å². The number of benzene rings is 1. The number of hydrogen-bond acceptors (Lipinski definition) is 4. The van der Waals surface area contributed by atoms with E-state index >= 15 is 0 Å². The number of nitrogens with one attached hydrogen (secondary N) is 2. The fourth-order valence-electron chi connectivity index (χ4n) is 3.27. The first-order chi connectivity index (χ1) is 11.3. The Morgan fingerprint density at radius 3 is 2.74 bits per heavy atom. The lowest BCUT2D eigenvalue weighted by atomic mass is 9.95. The summed E-state index contributed by atoms with van der Waals surface area (Å²) in [6, 6.07) is 8.88. The molecule has 4 heteroatoms. The Hall–Kier alpha value is -2.10. The van der Waals surface area contributed by atoms with Crippen LogP contribution in [0.3, 0.4) is 0 Å². The number of rotatable bonds is 5. The molecule has 1 aliphatic carbocycles. The summed E-state index contributed by atoms with van der Waals surface area (Å²) in [7, 11) is 0. The molecule has 2 N–H and O–H groups in total. The van der Waals surface area contributed by atoms with Crippen molar-refractivity contribution in [2.45, 2.75) is 58.4 Å². The van der Waals surface area contributed by atoms with Crippen LogP contribution >= 0.6 is 0 Å². The van der Waals surface area contributed by atoms with E-state index in [0.717, 1.165) is 17.9 Å². The molecule has 0 saturated heterocycles. The molecule has 0 amide bonds. The molecule has 1 aromatic heterocycles. The molecule has 1 saturated carbocycles. The normalized spacial score (nSPS) is 15.4. The summed E-state index contributed by atoms with van der Waals surface area (Å²) in [4.78, 5) is 9.03. The van der Waals surface area contributed by atoms with Gasteiger partial charge < -0.3 is 10.6 Å². The van der Waals surface area contributed by atoms with Crippen LogP contribution in [0.1, 0.15) is 50.2 Å². The zero-order chi connectivity index (χ0) is 16.1. The first-order valence-corrected chi connectivity index (χ1v) is 8.71. The highest BCUT2D eigenvalue weighted by atomic mass is 15.1. The third kappa shape index (κ3) is 4.01. The lowest BCUT2D eigenvalue weighted by molar-refractivity contribution is 0.462. The maximum atomic E-state index is 4.65. The molecule has 0 radical (unpaired) electrons. The summed E-state index contributed by atoms with van der Waals surface area (Å²) in [5, 5.41) is 6.97. The molecule has 0 atom stereocenters. The molecule has 2 aromatic rings. The number of nitrogens with zero attached hydrogens (tertiary/aromatic N) is 2. The van der Waals surface area contributed by atoms with Crippen molar-refractivity contribution in [3.63, 3.8) is 0 Å². The van der Waals surface area contributed by atoms with Crippen molar-refractivity contribution >= 4 is 17.5 Å². The minimum Gasteiger partial charge on any atom is -0.367 e. The molecular weight excluding hydrogens is 284 g/mol. The fourth-order valence-corrected chi connectivity index (χ4v) is 3.27. The van der Waals surface area contributed by atoms with E-state index in [1.807, 2.05) is 12.3 Å². The van der Waals surface area contributed by atoms with E-state index in [-0.39, 0.29) is 0 Å². The second-order valence-electron chi connectivity index (χ2n) is 6.33. The molecule has 0 aliphatic heterocycles. The predicted octanol–water partition coefficient (Wildman–Crippen LogP) is 4.84. The second kappa shape index (κ2) is 7.44. The SMILES string of the molecule is CCc1cccc(C)c1Nc1nccc(NC2CCCCC2)n1. The van der Waals surface area contributed by atoms with E-state index in [9.17, 15) is 0 Å². The third-order valence-corrected chi connectivity index (χ3v) is 4.59. The average Bonchev–Trinajstić information content (AvgIpc) is 2.58. The summed E-state index contributed by atoms with van der Waals surface area (Å²) in [6.07, 6.45) is 9.29. The average molecular weight is 310 g/mol. The highest BCUT2D eigenvalue weighted by Gasteiger charge is 2.14. The van der Waals surface area contributed by atoms with Gasteiger partial charge in [-0.2, -0.15) is 4.98 Å². The minimum absolute atomic E-state index is 0.552. The topological polar surface area (TPSA) is 49.8 Å². The molecule has 0 unspecified atom stereocenters. The molecule has 23 heavy (non-hydrogen) atoms. The maximum Gasteiger partial charge on any atom is 0.229 e. The fraction of sp³-hybridized carbons (Fsp3) is 0.474. The Bertz CT molecular complexity index is 648. The van der Waals surface area contributed by atoms with Crippen molar-refractivity contribution in [3.05, 3.63) is 41.6 Å². The van der Waals surface area contributed by atoms with Crippen LogP contribution in [0, 0.1) is 6.92 Å². The van der Waals surface area contributed by atoms with E-state index in [0.29, 0.717) is 12.0 Å². The van der Waals surface area contributed by atoms with Crippen molar-refractivity contribution in [1.82, 2.24) is 9.97 Å². The van der Waals surface area contributed by atoms with Gasteiger partial charge in [0.15, 0.2) is 0 Å². The van der Waals surface area contributed by atoms with Crippen LogP contribution in [0.5, 0.6) is 0 Å². The van der Waals surface area contributed by atoms with E-state index in [1.165, 1.54) is 43.2 Å². The van der Waals surface area contributed by atoms with E-state index < -0.39 is 0 Å². The molecule has 1 fully saturated rings. The molecule has 1 heterocycles. The van der Waals surface area contributed by atoms with Crippen molar-refractivity contribution < 1.29 is 0 Å². The molecule has 1 aliphatic rings. The van der Waals surface area contributed by atoms with E-state index in [2.05, 4.69) is 52.6 Å². The molecule has 1 aromatic carbocycles. The standard InChI is InChI=1S/C19H26N4/c1-3-15-9-7-8-14(2)18(15)23-19-20-13-12-17(22-19)21-16-10-5-4-6-11-16/h7-9,12-13,16H,3-6,10-11H2,1-2H3,(H2,20,21,22,23). The van der Waals surface area contributed by atoms with Crippen molar-refractivity contribution in [3.8, 4) is 0 Å². The van der Waals surface area contributed by atoms with Gasteiger partial charge in [-0.1, -0.05) is 44.4 Å². The van der Waals surface area contributed by atoms with Gasteiger partial charge in [-0.25, -0.2) is 4.98 Å². The zero-order valence-corrected chi connectivity index (χ0v) is 14.1. The maximum absolute atomic E-state index is 4.65. The van der Waals surface area contributed by atoms with Gasteiger partial charge in [-0.05, 0) is 43.4 Å². The second-order valence-corrected chi connectivity index (χ2v) is 6.33.